The molecule has 0 atom stereocenters. The lowest BCUT2D eigenvalue weighted by Crippen LogP contribution is -2.37. The second kappa shape index (κ2) is 5.81. The maximum atomic E-state index is 12.9. The standard InChI is InChI=1S/C20H16N2O2/c23-19-11-14-22(18-6-2-1-5-17(18)19)20(24)15-7-9-16(10-8-15)21-12-3-4-13-21/h1-10,12-13H,11,14H2. The summed E-state index contributed by atoms with van der Waals surface area (Å²) in [4.78, 5) is 26.6. The summed E-state index contributed by atoms with van der Waals surface area (Å²) >= 11 is 0. The van der Waals surface area contributed by atoms with E-state index in [4.69, 9.17) is 0 Å². The van der Waals surface area contributed by atoms with Crippen LogP contribution in [0, 0.1) is 0 Å². The molecule has 0 N–H and O–H groups in total. The number of fused-ring (bicyclic) bond motifs is 1. The normalized spacial score (nSPS) is 13.7. The Morgan fingerprint density at radius 3 is 2.33 bits per heavy atom. The largest absolute Gasteiger partial charge is 0.324 e. The molecule has 0 unspecified atom stereocenters. The van der Waals surface area contributed by atoms with Gasteiger partial charge < -0.3 is 9.47 Å². The lowest BCUT2D eigenvalue weighted by molar-refractivity contribution is 0.0955. The molecule has 2 aromatic carbocycles. The van der Waals surface area contributed by atoms with Crippen LogP contribution < -0.4 is 4.90 Å². The fraction of sp³-hybridized carbons (Fsp3) is 0.100. The van der Waals surface area contributed by atoms with Gasteiger partial charge in [0.1, 0.15) is 0 Å². The quantitative estimate of drug-likeness (QED) is 0.723. The van der Waals surface area contributed by atoms with Gasteiger partial charge in [-0.2, -0.15) is 0 Å². The maximum absolute atomic E-state index is 12.9. The number of rotatable bonds is 2. The summed E-state index contributed by atoms with van der Waals surface area (Å²) in [5.41, 5.74) is 2.95. The zero-order valence-electron chi connectivity index (χ0n) is 13.1. The van der Waals surface area contributed by atoms with Crippen molar-refractivity contribution in [3.8, 4) is 5.69 Å². The molecule has 0 aliphatic carbocycles. The molecule has 0 spiro atoms. The number of hydrogen-bond acceptors (Lipinski definition) is 2. The lowest BCUT2D eigenvalue weighted by atomic mass is 9.99. The molecule has 4 heteroatoms. The van der Waals surface area contributed by atoms with Crippen molar-refractivity contribution < 1.29 is 9.59 Å². The minimum atomic E-state index is -0.0750. The number of nitrogens with zero attached hydrogens (tertiary/aromatic N) is 2. The third kappa shape index (κ3) is 2.42. The van der Waals surface area contributed by atoms with Crippen molar-refractivity contribution in [1.29, 1.82) is 0 Å². The highest BCUT2D eigenvalue weighted by Crippen LogP contribution is 2.28. The van der Waals surface area contributed by atoms with Crippen LogP contribution in [-0.2, 0) is 0 Å². The van der Waals surface area contributed by atoms with Crippen molar-refractivity contribution in [1.82, 2.24) is 4.57 Å². The molecule has 0 bridgehead atoms. The van der Waals surface area contributed by atoms with Gasteiger partial charge in [0.25, 0.3) is 5.91 Å². The Bertz CT molecular complexity index is 896. The molecule has 1 aromatic heterocycles. The number of aromatic nitrogens is 1. The van der Waals surface area contributed by atoms with Crippen LogP contribution >= 0.6 is 0 Å². The van der Waals surface area contributed by atoms with Gasteiger partial charge in [0.05, 0.1) is 5.69 Å². The van der Waals surface area contributed by atoms with Crippen LogP contribution in [0.3, 0.4) is 0 Å². The molecule has 3 aromatic rings. The Morgan fingerprint density at radius 2 is 1.58 bits per heavy atom. The number of benzene rings is 2. The van der Waals surface area contributed by atoms with Gasteiger partial charge >= 0.3 is 0 Å². The minimum absolute atomic E-state index is 0.0750. The molecule has 0 fully saturated rings. The van der Waals surface area contributed by atoms with E-state index in [0.29, 0.717) is 29.8 Å². The zero-order valence-corrected chi connectivity index (χ0v) is 13.1. The number of Topliss-reactive ketones (excluding diaryl/α,β-unsaturated/α-hetero) is 1. The van der Waals surface area contributed by atoms with Gasteiger partial charge in [-0.25, -0.2) is 0 Å². The highest BCUT2D eigenvalue weighted by Gasteiger charge is 2.27. The summed E-state index contributed by atoms with van der Waals surface area (Å²) in [5.74, 6) is 0.0200. The molecule has 0 saturated carbocycles. The number of amides is 1. The van der Waals surface area contributed by atoms with Crippen molar-refractivity contribution in [3.05, 3.63) is 84.2 Å². The van der Waals surface area contributed by atoms with Crippen molar-refractivity contribution in [3.63, 3.8) is 0 Å². The summed E-state index contributed by atoms with van der Waals surface area (Å²) in [7, 11) is 0. The monoisotopic (exact) mass is 316 g/mol. The first kappa shape index (κ1) is 14.5. The van der Waals surface area contributed by atoms with E-state index in [-0.39, 0.29) is 11.7 Å². The molecule has 118 valence electrons. The van der Waals surface area contributed by atoms with E-state index in [1.165, 1.54) is 0 Å². The fourth-order valence-electron chi connectivity index (χ4n) is 3.06. The molecule has 1 aliphatic rings. The van der Waals surface area contributed by atoms with Crippen LogP contribution in [-0.4, -0.2) is 22.8 Å². The highest BCUT2D eigenvalue weighted by atomic mass is 16.2. The third-order valence-corrected chi connectivity index (χ3v) is 4.32. The van der Waals surface area contributed by atoms with Gasteiger partial charge in [-0.1, -0.05) is 12.1 Å². The summed E-state index contributed by atoms with van der Waals surface area (Å²) < 4.78 is 1.99. The molecule has 2 heterocycles. The first-order valence-corrected chi connectivity index (χ1v) is 7.91. The van der Waals surface area contributed by atoms with Gasteiger partial charge in [-0.05, 0) is 48.5 Å². The van der Waals surface area contributed by atoms with Gasteiger partial charge in [-0.15, -0.1) is 0 Å². The SMILES string of the molecule is O=C1CCN(C(=O)c2ccc(-n3cccc3)cc2)c2ccccc21. The van der Waals surface area contributed by atoms with Crippen LogP contribution in [0.1, 0.15) is 27.1 Å². The average molecular weight is 316 g/mol. The molecule has 1 aliphatic heterocycles. The second-order valence-electron chi connectivity index (χ2n) is 5.78. The maximum Gasteiger partial charge on any atom is 0.258 e. The van der Waals surface area contributed by atoms with E-state index in [1.54, 1.807) is 11.0 Å². The first-order chi connectivity index (χ1) is 11.7. The minimum Gasteiger partial charge on any atom is -0.324 e. The van der Waals surface area contributed by atoms with E-state index < -0.39 is 0 Å². The van der Waals surface area contributed by atoms with Crippen LogP contribution in [0.4, 0.5) is 5.69 Å². The van der Waals surface area contributed by atoms with E-state index in [9.17, 15) is 9.59 Å². The smallest absolute Gasteiger partial charge is 0.258 e. The molecular formula is C20H16N2O2. The zero-order chi connectivity index (χ0) is 16.5. The molecule has 4 rings (SSSR count). The van der Waals surface area contributed by atoms with E-state index in [1.807, 2.05) is 71.6 Å². The number of para-hydroxylation sites is 1. The van der Waals surface area contributed by atoms with Gasteiger partial charge in [0.15, 0.2) is 5.78 Å². The lowest BCUT2D eigenvalue weighted by Gasteiger charge is -2.28. The Hall–Kier alpha value is -3.14. The predicted molar refractivity (Wildman–Crippen MR) is 92.8 cm³/mol. The predicted octanol–water partition coefficient (Wildman–Crippen LogP) is 3.71. The molecule has 0 radical (unpaired) electrons. The summed E-state index contributed by atoms with van der Waals surface area (Å²) in [6, 6.07) is 18.7. The van der Waals surface area contributed by atoms with Crippen molar-refractivity contribution in [2.45, 2.75) is 6.42 Å². The number of carbonyl (C=O) groups is 2. The molecular weight excluding hydrogens is 300 g/mol. The van der Waals surface area contributed by atoms with Crippen LogP contribution in [0.2, 0.25) is 0 Å². The topological polar surface area (TPSA) is 42.3 Å². The number of anilines is 1. The Kier molecular flexibility index (Phi) is 3.50. The van der Waals surface area contributed by atoms with Crippen LogP contribution in [0.25, 0.3) is 5.69 Å². The number of carbonyl (C=O) groups excluding carboxylic acids is 2. The summed E-state index contributed by atoms with van der Waals surface area (Å²) in [5, 5.41) is 0. The van der Waals surface area contributed by atoms with Crippen molar-refractivity contribution >= 4 is 17.4 Å². The highest BCUT2D eigenvalue weighted by molar-refractivity contribution is 6.13. The van der Waals surface area contributed by atoms with Crippen molar-refractivity contribution in [2.24, 2.45) is 0 Å². The first-order valence-electron chi connectivity index (χ1n) is 7.91. The fourth-order valence-corrected chi connectivity index (χ4v) is 3.06. The number of hydrogen-bond donors (Lipinski definition) is 0. The Morgan fingerprint density at radius 1 is 0.875 bits per heavy atom. The van der Waals surface area contributed by atoms with Gasteiger partial charge in [0.2, 0.25) is 0 Å². The van der Waals surface area contributed by atoms with E-state index in [2.05, 4.69) is 0 Å². The molecule has 0 saturated heterocycles. The third-order valence-electron chi connectivity index (χ3n) is 4.32. The Balaban J connectivity index is 1.65. The average Bonchev–Trinajstić information content (AvgIpc) is 3.17. The van der Waals surface area contributed by atoms with Crippen molar-refractivity contribution in [2.75, 3.05) is 11.4 Å². The van der Waals surface area contributed by atoms with E-state index in [0.717, 1.165) is 5.69 Å². The molecule has 1 amide bonds. The summed E-state index contributed by atoms with van der Waals surface area (Å²) in [6.07, 6.45) is 4.29. The number of ketones is 1. The summed E-state index contributed by atoms with van der Waals surface area (Å²) in [6.45, 7) is 0.425. The van der Waals surface area contributed by atoms with E-state index >= 15 is 0 Å². The second-order valence-corrected chi connectivity index (χ2v) is 5.78. The van der Waals surface area contributed by atoms with Gasteiger partial charge in [0, 0.05) is 42.2 Å². The van der Waals surface area contributed by atoms with Gasteiger partial charge in [-0.3, -0.25) is 9.59 Å². The van der Waals surface area contributed by atoms with Crippen LogP contribution in [0.15, 0.2) is 73.1 Å². The molecule has 24 heavy (non-hydrogen) atoms. The Labute approximate surface area is 140 Å². The molecule has 4 nitrogen and oxygen atoms in total. The van der Waals surface area contributed by atoms with Crippen LogP contribution in [0.5, 0.6) is 0 Å².